The standard InChI is InChI=1S/C18H28ClNO/c1-4-20-18(15-6-5-13(2)14(3)11-15)12-21-17-9-7-16(19)8-10-17/h7-10,13-15,18,20H,4-6,11-12H2,1-3H3. The molecule has 0 heterocycles. The summed E-state index contributed by atoms with van der Waals surface area (Å²) in [6.45, 7) is 8.67. The van der Waals surface area contributed by atoms with Crippen LogP contribution < -0.4 is 10.1 Å². The van der Waals surface area contributed by atoms with Gasteiger partial charge in [-0.15, -0.1) is 0 Å². The van der Waals surface area contributed by atoms with E-state index in [-0.39, 0.29) is 0 Å². The summed E-state index contributed by atoms with van der Waals surface area (Å²) < 4.78 is 5.97. The van der Waals surface area contributed by atoms with E-state index in [1.165, 1.54) is 19.3 Å². The van der Waals surface area contributed by atoms with Crippen LogP contribution in [-0.2, 0) is 0 Å². The number of hydrogen-bond acceptors (Lipinski definition) is 2. The Morgan fingerprint density at radius 2 is 1.90 bits per heavy atom. The minimum atomic E-state index is 0.445. The Kier molecular flexibility index (Phi) is 6.38. The van der Waals surface area contributed by atoms with Crippen LogP contribution in [0.5, 0.6) is 5.75 Å². The first-order valence-corrected chi connectivity index (χ1v) is 8.59. The van der Waals surface area contributed by atoms with Crippen LogP contribution in [0, 0.1) is 17.8 Å². The van der Waals surface area contributed by atoms with Gasteiger partial charge in [0.15, 0.2) is 0 Å². The smallest absolute Gasteiger partial charge is 0.119 e. The van der Waals surface area contributed by atoms with Crippen molar-refractivity contribution in [1.29, 1.82) is 0 Å². The minimum absolute atomic E-state index is 0.445. The zero-order chi connectivity index (χ0) is 15.2. The lowest BCUT2D eigenvalue weighted by Gasteiger charge is -2.37. The number of rotatable bonds is 6. The van der Waals surface area contributed by atoms with Crippen molar-refractivity contribution in [2.45, 2.75) is 46.1 Å². The zero-order valence-corrected chi connectivity index (χ0v) is 14.2. The van der Waals surface area contributed by atoms with Gasteiger partial charge in [-0.2, -0.15) is 0 Å². The van der Waals surface area contributed by atoms with Crippen molar-refractivity contribution in [2.24, 2.45) is 17.8 Å². The molecule has 2 rings (SSSR count). The van der Waals surface area contributed by atoms with Crippen LogP contribution in [0.4, 0.5) is 0 Å². The van der Waals surface area contributed by atoms with Gasteiger partial charge in [-0.25, -0.2) is 0 Å². The first-order chi connectivity index (χ1) is 10.1. The first-order valence-electron chi connectivity index (χ1n) is 8.22. The van der Waals surface area contributed by atoms with Crippen LogP contribution in [0.15, 0.2) is 24.3 Å². The molecule has 4 unspecified atom stereocenters. The quantitative estimate of drug-likeness (QED) is 0.817. The molecule has 0 bridgehead atoms. The third-order valence-corrected chi connectivity index (χ3v) is 5.17. The molecule has 1 fully saturated rings. The third-order valence-electron chi connectivity index (χ3n) is 4.92. The molecule has 1 aromatic rings. The van der Waals surface area contributed by atoms with Crippen molar-refractivity contribution < 1.29 is 4.74 Å². The molecule has 1 aliphatic rings. The summed E-state index contributed by atoms with van der Waals surface area (Å²) in [7, 11) is 0. The van der Waals surface area contributed by atoms with Gasteiger partial charge >= 0.3 is 0 Å². The van der Waals surface area contributed by atoms with Gasteiger partial charge < -0.3 is 10.1 Å². The summed E-state index contributed by atoms with van der Waals surface area (Å²) in [6.07, 6.45) is 3.96. The fourth-order valence-electron chi connectivity index (χ4n) is 3.30. The summed E-state index contributed by atoms with van der Waals surface area (Å²) >= 11 is 5.91. The van der Waals surface area contributed by atoms with Gasteiger partial charge in [0.1, 0.15) is 12.4 Å². The Hall–Kier alpha value is -0.730. The predicted molar refractivity (Wildman–Crippen MR) is 90.1 cm³/mol. The Labute approximate surface area is 134 Å². The van der Waals surface area contributed by atoms with Crippen molar-refractivity contribution >= 4 is 11.6 Å². The van der Waals surface area contributed by atoms with E-state index in [1.54, 1.807) is 0 Å². The molecule has 0 aliphatic heterocycles. The summed E-state index contributed by atoms with van der Waals surface area (Å²) in [5.74, 6) is 3.31. The van der Waals surface area contributed by atoms with Crippen LogP contribution in [0.25, 0.3) is 0 Å². The van der Waals surface area contributed by atoms with Crippen LogP contribution in [0.1, 0.15) is 40.0 Å². The second-order valence-corrected chi connectivity index (χ2v) is 6.89. The zero-order valence-electron chi connectivity index (χ0n) is 13.4. The highest BCUT2D eigenvalue weighted by Crippen LogP contribution is 2.35. The Balaban J connectivity index is 1.91. The normalized spacial score (nSPS) is 27.3. The second kappa shape index (κ2) is 8.05. The molecule has 1 N–H and O–H groups in total. The van der Waals surface area contributed by atoms with E-state index in [2.05, 4.69) is 26.1 Å². The number of ether oxygens (including phenoxy) is 1. The molecule has 0 spiro atoms. The van der Waals surface area contributed by atoms with Gasteiger partial charge in [-0.05, 0) is 61.4 Å². The largest absolute Gasteiger partial charge is 0.492 e. The van der Waals surface area contributed by atoms with Gasteiger partial charge in [0.05, 0.1) is 0 Å². The van der Waals surface area contributed by atoms with Crippen LogP contribution in [0.2, 0.25) is 5.02 Å². The lowest BCUT2D eigenvalue weighted by molar-refractivity contribution is 0.137. The van der Waals surface area contributed by atoms with Gasteiger partial charge in [-0.1, -0.05) is 38.8 Å². The molecular weight excluding hydrogens is 282 g/mol. The SMILES string of the molecule is CCNC(COc1ccc(Cl)cc1)C1CCC(C)C(C)C1. The molecule has 0 radical (unpaired) electrons. The Morgan fingerprint density at radius 1 is 1.19 bits per heavy atom. The maximum atomic E-state index is 5.97. The van der Waals surface area contributed by atoms with Gasteiger partial charge in [0, 0.05) is 11.1 Å². The van der Waals surface area contributed by atoms with E-state index in [0.29, 0.717) is 6.04 Å². The molecule has 3 heteroatoms. The maximum Gasteiger partial charge on any atom is 0.119 e. The van der Waals surface area contributed by atoms with Crippen LogP contribution in [-0.4, -0.2) is 19.2 Å². The summed E-state index contributed by atoms with van der Waals surface area (Å²) in [5.41, 5.74) is 0. The van der Waals surface area contributed by atoms with Crippen molar-refractivity contribution in [3.05, 3.63) is 29.3 Å². The Bertz CT molecular complexity index is 420. The monoisotopic (exact) mass is 309 g/mol. The third kappa shape index (κ3) is 4.89. The molecule has 1 aromatic carbocycles. The van der Waals surface area contributed by atoms with Crippen molar-refractivity contribution in [1.82, 2.24) is 5.32 Å². The van der Waals surface area contributed by atoms with Gasteiger partial charge in [-0.3, -0.25) is 0 Å². The highest BCUT2D eigenvalue weighted by atomic mass is 35.5. The van der Waals surface area contributed by atoms with Crippen molar-refractivity contribution in [2.75, 3.05) is 13.2 Å². The number of hydrogen-bond donors (Lipinski definition) is 1. The molecule has 0 aromatic heterocycles. The van der Waals surface area contributed by atoms with Crippen molar-refractivity contribution in [3.63, 3.8) is 0 Å². The molecule has 1 aliphatic carbocycles. The number of likely N-dealkylation sites (N-methyl/N-ethyl adjacent to an activating group) is 1. The Morgan fingerprint density at radius 3 is 2.52 bits per heavy atom. The van der Waals surface area contributed by atoms with Gasteiger partial charge in [0.2, 0.25) is 0 Å². The molecule has 21 heavy (non-hydrogen) atoms. The molecule has 0 amide bonds. The van der Waals surface area contributed by atoms with E-state index in [9.17, 15) is 0 Å². The minimum Gasteiger partial charge on any atom is -0.492 e. The second-order valence-electron chi connectivity index (χ2n) is 6.46. The number of nitrogens with one attached hydrogen (secondary N) is 1. The predicted octanol–water partition coefficient (Wildman–Crippen LogP) is 4.77. The van der Waals surface area contributed by atoms with E-state index >= 15 is 0 Å². The lowest BCUT2D eigenvalue weighted by atomic mass is 9.73. The van der Waals surface area contributed by atoms with E-state index < -0.39 is 0 Å². The fourth-order valence-corrected chi connectivity index (χ4v) is 3.42. The van der Waals surface area contributed by atoms with Crippen LogP contribution >= 0.6 is 11.6 Å². The molecule has 2 nitrogen and oxygen atoms in total. The highest BCUT2D eigenvalue weighted by molar-refractivity contribution is 6.30. The van der Waals surface area contributed by atoms with E-state index in [4.69, 9.17) is 16.3 Å². The van der Waals surface area contributed by atoms with E-state index in [1.807, 2.05) is 24.3 Å². The highest BCUT2D eigenvalue weighted by Gasteiger charge is 2.30. The summed E-state index contributed by atoms with van der Waals surface area (Å²) in [4.78, 5) is 0. The topological polar surface area (TPSA) is 21.3 Å². The molecule has 118 valence electrons. The van der Waals surface area contributed by atoms with Crippen molar-refractivity contribution in [3.8, 4) is 5.75 Å². The maximum absolute atomic E-state index is 5.97. The average Bonchev–Trinajstić information content (AvgIpc) is 2.48. The summed E-state index contributed by atoms with van der Waals surface area (Å²) in [6, 6.07) is 8.08. The fraction of sp³-hybridized carbons (Fsp3) is 0.667. The summed E-state index contributed by atoms with van der Waals surface area (Å²) in [5, 5.41) is 4.37. The molecular formula is C18H28ClNO. The van der Waals surface area contributed by atoms with Gasteiger partial charge in [0.25, 0.3) is 0 Å². The molecule has 1 saturated carbocycles. The molecule has 0 saturated heterocycles. The van der Waals surface area contributed by atoms with E-state index in [0.717, 1.165) is 41.7 Å². The average molecular weight is 310 g/mol. The van der Waals surface area contributed by atoms with Crippen LogP contribution in [0.3, 0.4) is 0 Å². The number of halogens is 1. The number of benzene rings is 1. The first kappa shape index (κ1) is 16.6. The lowest BCUT2D eigenvalue weighted by Crippen LogP contribution is -2.43. The molecule has 4 atom stereocenters.